The third kappa shape index (κ3) is 3.68. The summed E-state index contributed by atoms with van der Waals surface area (Å²) in [6, 6.07) is 1.91. The van der Waals surface area contributed by atoms with Crippen molar-refractivity contribution in [2.75, 3.05) is 18.4 Å². The molecule has 0 atom stereocenters. The van der Waals surface area contributed by atoms with Crippen molar-refractivity contribution in [1.29, 1.82) is 0 Å². The van der Waals surface area contributed by atoms with Crippen LogP contribution in [0.25, 0.3) is 5.52 Å². The van der Waals surface area contributed by atoms with Gasteiger partial charge in [0.2, 0.25) is 5.91 Å². The van der Waals surface area contributed by atoms with E-state index in [-0.39, 0.29) is 12.5 Å². The number of aliphatic carboxylic acids is 1. The van der Waals surface area contributed by atoms with Gasteiger partial charge in [-0.1, -0.05) is 13.8 Å². The minimum Gasteiger partial charge on any atom is -0.480 e. The highest BCUT2D eigenvalue weighted by Gasteiger charge is 2.11. The lowest BCUT2D eigenvalue weighted by atomic mass is 10.1. The molecule has 8 heteroatoms. The molecule has 0 saturated heterocycles. The highest BCUT2D eigenvalue weighted by atomic mass is 16.4. The molecule has 2 aromatic heterocycles. The lowest BCUT2D eigenvalue weighted by molar-refractivity contribution is -0.137. The quantitative estimate of drug-likeness (QED) is 0.713. The van der Waals surface area contributed by atoms with E-state index in [0.717, 1.165) is 11.2 Å². The number of carboxylic acid groups (broad SMARTS) is 1. The zero-order valence-electron chi connectivity index (χ0n) is 11.8. The highest BCUT2D eigenvalue weighted by Crippen LogP contribution is 2.19. The Kier molecular flexibility index (Phi) is 4.36. The number of nitrogens with zero attached hydrogens (tertiary/aromatic N) is 3. The van der Waals surface area contributed by atoms with Gasteiger partial charge < -0.3 is 15.7 Å². The van der Waals surface area contributed by atoms with Crippen LogP contribution in [0.3, 0.4) is 0 Å². The van der Waals surface area contributed by atoms with E-state index in [1.807, 2.05) is 19.9 Å². The molecule has 2 heterocycles. The molecule has 0 unspecified atom stereocenters. The van der Waals surface area contributed by atoms with Gasteiger partial charge >= 0.3 is 5.97 Å². The predicted octanol–water partition coefficient (Wildman–Crippen LogP) is 0.465. The lowest BCUT2D eigenvalue weighted by Gasteiger charge is -2.06. The maximum atomic E-state index is 11.5. The maximum Gasteiger partial charge on any atom is 0.322 e. The molecular formula is C13H17N5O3. The zero-order chi connectivity index (χ0) is 15.4. The summed E-state index contributed by atoms with van der Waals surface area (Å²) in [5.74, 6) is -0.676. The Balaban J connectivity index is 2.08. The van der Waals surface area contributed by atoms with Crippen molar-refractivity contribution in [1.82, 2.24) is 19.9 Å². The molecule has 1 amide bonds. The van der Waals surface area contributed by atoms with Crippen molar-refractivity contribution < 1.29 is 14.7 Å². The standard InChI is InChI=1S/C13H17N5O3/c1-8(2)9-5-10-13(14-3-4-18(10)17-9)16-6-11(19)15-7-12(20)21/h3-5,8H,6-7H2,1-2H3,(H,14,16)(H,15,19)(H,20,21). The molecule has 0 aliphatic carbocycles. The summed E-state index contributed by atoms with van der Waals surface area (Å²) >= 11 is 0. The lowest BCUT2D eigenvalue weighted by Crippen LogP contribution is -2.34. The molecule has 8 nitrogen and oxygen atoms in total. The van der Waals surface area contributed by atoms with Crippen LogP contribution in [0.2, 0.25) is 0 Å². The number of hydrogen-bond acceptors (Lipinski definition) is 5. The van der Waals surface area contributed by atoms with Gasteiger partial charge in [-0.2, -0.15) is 5.10 Å². The van der Waals surface area contributed by atoms with Crippen LogP contribution in [0.1, 0.15) is 25.5 Å². The number of carbonyl (C=O) groups is 2. The predicted molar refractivity (Wildman–Crippen MR) is 76.2 cm³/mol. The molecule has 3 N–H and O–H groups in total. The Morgan fingerprint density at radius 1 is 1.38 bits per heavy atom. The number of aromatic nitrogens is 3. The summed E-state index contributed by atoms with van der Waals surface area (Å²) in [6.07, 6.45) is 3.32. The number of rotatable bonds is 6. The molecule has 2 rings (SSSR count). The minimum absolute atomic E-state index is 0.0534. The summed E-state index contributed by atoms with van der Waals surface area (Å²) < 4.78 is 1.69. The SMILES string of the molecule is CC(C)c1cc2c(NCC(=O)NCC(=O)O)nccn2n1. The molecule has 0 fully saturated rings. The van der Waals surface area contributed by atoms with Gasteiger partial charge in [-0.3, -0.25) is 9.59 Å². The van der Waals surface area contributed by atoms with Crippen molar-refractivity contribution in [2.24, 2.45) is 0 Å². The van der Waals surface area contributed by atoms with Gasteiger partial charge in [-0.05, 0) is 12.0 Å². The fourth-order valence-corrected chi connectivity index (χ4v) is 1.76. The van der Waals surface area contributed by atoms with E-state index in [1.165, 1.54) is 0 Å². The van der Waals surface area contributed by atoms with Crippen LogP contribution in [-0.4, -0.2) is 44.7 Å². The number of fused-ring (bicyclic) bond motifs is 1. The first kappa shape index (κ1) is 14.8. The van der Waals surface area contributed by atoms with Crippen LogP contribution < -0.4 is 10.6 Å². The van der Waals surface area contributed by atoms with Gasteiger partial charge in [0.1, 0.15) is 12.1 Å². The highest BCUT2D eigenvalue weighted by molar-refractivity contribution is 5.85. The Hall–Kier alpha value is -2.64. The van der Waals surface area contributed by atoms with Gasteiger partial charge in [0, 0.05) is 12.4 Å². The number of nitrogens with one attached hydrogen (secondary N) is 2. The number of hydrogen-bond donors (Lipinski definition) is 3. The number of carbonyl (C=O) groups excluding carboxylic acids is 1. The maximum absolute atomic E-state index is 11.5. The van der Waals surface area contributed by atoms with E-state index < -0.39 is 18.4 Å². The average Bonchev–Trinajstić information content (AvgIpc) is 2.87. The molecular weight excluding hydrogens is 274 g/mol. The van der Waals surface area contributed by atoms with Crippen LogP contribution in [0.4, 0.5) is 5.82 Å². The van der Waals surface area contributed by atoms with E-state index in [1.54, 1.807) is 16.9 Å². The molecule has 0 bridgehead atoms. The van der Waals surface area contributed by atoms with Crippen LogP contribution in [-0.2, 0) is 9.59 Å². The number of amides is 1. The molecule has 0 aliphatic heterocycles. The summed E-state index contributed by atoms with van der Waals surface area (Å²) in [5.41, 5.74) is 1.70. The van der Waals surface area contributed by atoms with E-state index in [9.17, 15) is 9.59 Å². The van der Waals surface area contributed by atoms with Crippen molar-refractivity contribution in [2.45, 2.75) is 19.8 Å². The Labute approximate surface area is 121 Å². The largest absolute Gasteiger partial charge is 0.480 e. The fourth-order valence-electron chi connectivity index (χ4n) is 1.76. The second kappa shape index (κ2) is 6.21. The molecule has 0 aromatic carbocycles. The van der Waals surface area contributed by atoms with Crippen molar-refractivity contribution >= 4 is 23.2 Å². The smallest absolute Gasteiger partial charge is 0.322 e. The third-order valence-electron chi connectivity index (χ3n) is 2.85. The van der Waals surface area contributed by atoms with Crippen molar-refractivity contribution in [3.05, 3.63) is 24.2 Å². The monoisotopic (exact) mass is 291 g/mol. The van der Waals surface area contributed by atoms with Gasteiger partial charge in [0.25, 0.3) is 0 Å². The average molecular weight is 291 g/mol. The molecule has 0 radical (unpaired) electrons. The summed E-state index contributed by atoms with van der Waals surface area (Å²) in [7, 11) is 0. The second-order valence-electron chi connectivity index (χ2n) is 4.85. The van der Waals surface area contributed by atoms with Crippen LogP contribution in [0, 0.1) is 0 Å². The third-order valence-corrected chi connectivity index (χ3v) is 2.85. The molecule has 0 aliphatic rings. The normalized spacial score (nSPS) is 10.8. The molecule has 112 valence electrons. The first-order chi connectivity index (χ1) is 9.97. The van der Waals surface area contributed by atoms with Gasteiger partial charge in [0.05, 0.1) is 12.2 Å². The first-order valence-corrected chi connectivity index (χ1v) is 6.54. The van der Waals surface area contributed by atoms with Gasteiger partial charge in [-0.25, -0.2) is 9.50 Å². The zero-order valence-corrected chi connectivity index (χ0v) is 11.8. The Morgan fingerprint density at radius 2 is 2.14 bits per heavy atom. The summed E-state index contributed by atoms with van der Waals surface area (Å²) in [5, 5.41) is 18.1. The fraction of sp³-hybridized carbons (Fsp3) is 0.385. The number of carboxylic acids is 1. The van der Waals surface area contributed by atoms with Crippen molar-refractivity contribution in [3.8, 4) is 0 Å². The molecule has 2 aromatic rings. The van der Waals surface area contributed by atoms with E-state index in [4.69, 9.17) is 5.11 Å². The Morgan fingerprint density at radius 3 is 2.81 bits per heavy atom. The van der Waals surface area contributed by atoms with Crippen LogP contribution in [0.15, 0.2) is 18.5 Å². The first-order valence-electron chi connectivity index (χ1n) is 6.54. The number of anilines is 1. The van der Waals surface area contributed by atoms with E-state index in [2.05, 4.69) is 20.7 Å². The van der Waals surface area contributed by atoms with Gasteiger partial charge in [0.15, 0.2) is 5.82 Å². The van der Waals surface area contributed by atoms with Crippen LogP contribution >= 0.6 is 0 Å². The summed E-state index contributed by atoms with van der Waals surface area (Å²) in [6.45, 7) is 3.63. The second-order valence-corrected chi connectivity index (χ2v) is 4.85. The topological polar surface area (TPSA) is 109 Å². The summed E-state index contributed by atoms with van der Waals surface area (Å²) in [4.78, 5) is 26.0. The van der Waals surface area contributed by atoms with Crippen LogP contribution in [0.5, 0.6) is 0 Å². The minimum atomic E-state index is -1.08. The molecule has 0 saturated carbocycles. The van der Waals surface area contributed by atoms with Gasteiger partial charge in [-0.15, -0.1) is 0 Å². The van der Waals surface area contributed by atoms with Crippen molar-refractivity contribution in [3.63, 3.8) is 0 Å². The van der Waals surface area contributed by atoms with E-state index >= 15 is 0 Å². The molecule has 0 spiro atoms. The Bertz CT molecular complexity index is 665. The molecule has 21 heavy (non-hydrogen) atoms. The van der Waals surface area contributed by atoms with E-state index in [0.29, 0.717) is 5.82 Å².